The number of hydrogen-bond donors (Lipinski definition) is 0. The second kappa shape index (κ2) is 6.98. The Labute approximate surface area is 133 Å². The molecule has 1 aliphatic rings. The zero-order valence-corrected chi connectivity index (χ0v) is 14.1. The van der Waals surface area contributed by atoms with Gasteiger partial charge in [-0.1, -0.05) is 0 Å². The maximum Gasteiger partial charge on any atom is 0.232 e. The third-order valence-electron chi connectivity index (χ3n) is 3.37. The van der Waals surface area contributed by atoms with Crippen LogP contribution < -0.4 is 4.74 Å². The number of alkyl halides is 1. The number of aromatic nitrogens is 2. The van der Waals surface area contributed by atoms with Crippen LogP contribution in [0.2, 0.25) is 0 Å². The maximum atomic E-state index is 13.6. The van der Waals surface area contributed by atoms with E-state index in [4.69, 9.17) is 4.74 Å². The summed E-state index contributed by atoms with van der Waals surface area (Å²) in [5.41, 5.74) is -1.11. The lowest BCUT2D eigenvalue weighted by Crippen LogP contribution is -2.41. The molecule has 0 N–H and O–H groups in total. The van der Waals surface area contributed by atoms with Crippen LogP contribution in [0.3, 0.4) is 0 Å². The van der Waals surface area contributed by atoms with Crippen LogP contribution in [0, 0.1) is 9.62 Å². The van der Waals surface area contributed by atoms with Crippen molar-refractivity contribution in [2.75, 3.05) is 26.2 Å². The third kappa shape index (κ3) is 5.47. The van der Waals surface area contributed by atoms with Crippen LogP contribution in [0.5, 0.6) is 5.88 Å². The van der Waals surface area contributed by atoms with Crippen molar-refractivity contribution in [1.29, 1.82) is 0 Å². The Morgan fingerprint density at radius 1 is 1.35 bits per heavy atom. The van der Waals surface area contributed by atoms with E-state index in [0.29, 0.717) is 24.9 Å². The van der Waals surface area contributed by atoms with E-state index in [-0.39, 0.29) is 0 Å². The second-order valence-corrected chi connectivity index (χ2v) is 7.03. The highest BCUT2D eigenvalue weighted by atomic mass is 127. The molecule has 1 fully saturated rings. The molecule has 6 heteroatoms. The number of piperidine rings is 1. The molecule has 2 rings (SSSR count). The normalized spacial score (nSPS) is 18.2. The smallest absolute Gasteiger partial charge is 0.232 e. The van der Waals surface area contributed by atoms with Crippen LogP contribution in [-0.2, 0) is 0 Å². The number of rotatable bonds is 5. The molecule has 0 saturated carbocycles. The van der Waals surface area contributed by atoms with Crippen LogP contribution in [0.15, 0.2) is 12.4 Å². The minimum absolute atomic E-state index is 0.517. The summed E-state index contributed by atoms with van der Waals surface area (Å²) in [6.07, 6.45) is 5.45. The monoisotopic (exact) mass is 393 g/mol. The van der Waals surface area contributed by atoms with Crippen molar-refractivity contribution < 1.29 is 9.13 Å². The quantitative estimate of drug-likeness (QED) is 0.722. The molecular formula is C14H21FIN3O. The molecule has 0 amide bonds. The van der Waals surface area contributed by atoms with Crippen molar-refractivity contribution in [2.45, 2.75) is 32.4 Å². The summed E-state index contributed by atoms with van der Waals surface area (Å²) in [6.45, 7) is 6.35. The first kappa shape index (κ1) is 15.9. The SMILES string of the molecule is CC(C)(F)CN1CCC(COc2cnc(I)cn2)CC1. The van der Waals surface area contributed by atoms with Crippen molar-refractivity contribution >= 4 is 22.6 Å². The van der Waals surface area contributed by atoms with Gasteiger partial charge in [0.2, 0.25) is 5.88 Å². The molecule has 0 unspecified atom stereocenters. The molecule has 0 atom stereocenters. The van der Waals surface area contributed by atoms with Gasteiger partial charge in [0.1, 0.15) is 9.37 Å². The summed E-state index contributed by atoms with van der Waals surface area (Å²) >= 11 is 2.12. The minimum Gasteiger partial charge on any atom is -0.476 e. The lowest BCUT2D eigenvalue weighted by molar-refractivity contribution is 0.0829. The fourth-order valence-electron chi connectivity index (χ4n) is 2.42. The Morgan fingerprint density at radius 3 is 2.60 bits per heavy atom. The van der Waals surface area contributed by atoms with Gasteiger partial charge in [0.25, 0.3) is 0 Å². The van der Waals surface area contributed by atoms with E-state index >= 15 is 0 Å². The van der Waals surface area contributed by atoms with Crippen molar-refractivity contribution in [3.63, 3.8) is 0 Å². The highest BCUT2D eigenvalue weighted by molar-refractivity contribution is 14.1. The summed E-state index contributed by atoms with van der Waals surface area (Å²) in [5, 5.41) is 0. The number of likely N-dealkylation sites (tertiary alicyclic amines) is 1. The first-order valence-electron chi connectivity index (χ1n) is 6.94. The molecule has 112 valence electrons. The predicted molar refractivity (Wildman–Crippen MR) is 84.6 cm³/mol. The molecule has 0 aliphatic carbocycles. The summed E-state index contributed by atoms with van der Waals surface area (Å²) in [4.78, 5) is 10.5. The molecule has 0 bridgehead atoms. The lowest BCUT2D eigenvalue weighted by Gasteiger charge is -2.34. The van der Waals surface area contributed by atoms with Gasteiger partial charge in [0.05, 0.1) is 19.0 Å². The largest absolute Gasteiger partial charge is 0.476 e. The highest BCUT2D eigenvalue weighted by Crippen LogP contribution is 2.21. The Morgan fingerprint density at radius 2 is 2.05 bits per heavy atom. The van der Waals surface area contributed by atoms with E-state index < -0.39 is 5.67 Å². The number of nitrogens with zero attached hydrogens (tertiary/aromatic N) is 3. The standard InChI is InChI=1S/C14H21FIN3O/c1-14(2,15)10-19-5-3-11(4-6-19)9-20-13-8-17-12(16)7-18-13/h7-8,11H,3-6,9-10H2,1-2H3. The number of ether oxygens (including phenoxy) is 1. The van der Waals surface area contributed by atoms with E-state index in [9.17, 15) is 4.39 Å². The van der Waals surface area contributed by atoms with Gasteiger partial charge in [-0.05, 0) is 68.3 Å². The van der Waals surface area contributed by atoms with Gasteiger partial charge in [-0.15, -0.1) is 0 Å². The van der Waals surface area contributed by atoms with Gasteiger partial charge < -0.3 is 9.64 Å². The van der Waals surface area contributed by atoms with E-state index in [2.05, 4.69) is 37.5 Å². The van der Waals surface area contributed by atoms with E-state index in [1.165, 1.54) is 0 Å². The van der Waals surface area contributed by atoms with Crippen LogP contribution in [0.1, 0.15) is 26.7 Å². The van der Waals surface area contributed by atoms with Gasteiger partial charge in [-0.3, -0.25) is 0 Å². The molecule has 1 aromatic rings. The molecule has 1 aliphatic heterocycles. The molecule has 2 heterocycles. The van der Waals surface area contributed by atoms with Crippen LogP contribution in [-0.4, -0.2) is 46.8 Å². The Hall–Kier alpha value is -0.500. The predicted octanol–water partition coefficient (Wildman–Crippen LogP) is 2.92. The second-order valence-electron chi connectivity index (χ2n) is 5.93. The molecule has 4 nitrogen and oxygen atoms in total. The topological polar surface area (TPSA) is 38.2 Å². The highest BCUT2D eigenvalue weighted by Gasteiger charge is 2.25. The molecule has 0 spiro atoms. The van der Waals surface area contributed by atoms with Crippen molar-refractivity contribution in [1.82, 2.24) is 14.9 Å². The molecule has 1 saturated heterocycles. The zero-order valence-electron chi connectivity index (χ0n) is 12.0. The summed E-state index contributed by atoms with van der Waals surface area (Å²) in [6, 6.07) is 0. The fourth-order valence-corrected chi connectivity index (χ4v) is 2.70. The summed E-state index contributed by atoms with van der Waals surface area (Å²) < 4.78 is 20.1. The fraction of sp³-hybridized carbons (Fsp3) is 0.714. The van der Waals surface area contributed by atoms with Gasteiger partial charge in [-0.2, -0.15) is 0 Å². The minimum atomic E-state index is -1.11. The van der Waals surface area contributed by atoms with Crippen molar-refractivity contribution in [3.8, 4) is 5.88 Å². The van der Waals surface area contributed by atoms with Gasteiger partial charge >= 0.3 is 0 Å². The van der Waals surface area contributed by atoms with E-state index in [0.717, 1.165) is 29.6 Å². The van der Waals surface area contributed by atoms with Crippen LogP contribution >= 0.6 is 22.6 Å². The third-order valence-corrected chi connectivity index (χ3v) is 3.93. The molecule has 0 radical (unpaired) electrons. The number of halogens is 2. The zero-order chi connectivity index (χ0) is 14.6. The van der Waals surface area contributed by atoms with Gasteiger partial charge in [0.15, 0.2) is 0 Å². The van der Waals surface area contributed by atoms with E-state index in [1.807, 2.05) is 0 Å². The number of hydrogen-bond acceptors (Lipinski definition) is 4. The van der Waals surface area contributed by atoms with Gasteiger partial charge in [-0.25, -0.2) is 14.4 Å². The Bertz CT molecular complexity index is 413. The molecular weight excluding hydrogens is 372 g/mol. The maximum absolute atomic E-state index is 13.6. The summed E-state index contributed by atoms with van der Waals surface area (Å²) in [7, 11) is 0. The summed E-state index contributed by atoms with van der Waals surface area (Å²) in [5.74, 6) is 1.10. The molecule has 1 aromatic heterocycles. The first-order chi connectivity index (χ1) is 9.42. The average molecular weight is 393 g/mol. The average Bonchev–Trinajstić information content (AvgIpc) is 2.38. The lowest BCUT2D eigenvalue weighted by atomic mass is 9.97. The van der Waals surface area contributed by atoms with Crippen LogP contribution in [0.25, 0.3) is 0 Å². The van der Waals surface area contributed by atoms with Gasteiger partial charge in [0, 0.05) is 6.54 Å². The Kier molecular flexibility index (Phi) is 5.54. The van der Waals surface area contributed by atoms with Crippen LogP contribution in [0.4, 0.5) is 4.39 Å². The van der Waals surface area contributed by atoms with Crippen molar-refractivity contribution in [2.24, 2.45) is 5.92 Å². The first-order valence-corrected chi connectivity index (χ1v) is 8.02. The molecule has 20 heavy (non-hydrogen) atoms. The molecule has 0 aromatic carbocycles. The van der Waals surface area contributed by atoms with Crippen molar-refractivity contribution in [3.05, 3.63) is 16.1 Å². The Balaban J connectivity index is 1.70. The van der Waals surface area contributed by atoms with E-state index in [1.54, 1.807) is 26.2 Å².